The Kier molecular flexibility index (Phi) is 4.99. The summed E-state index contributed by atoms with van der Waals surface area (Å²) in [6.45, 7) is 7.53. The van der Waals surface area contributed by atoms with Crippen molar-refractivity contribution in [1.29, 1.82) is 0 Å². The van der Waals surface area contributed by atoms with Gasteiger partial charge in [0.15, 0.2) is 0 Å². The van der Waals surface area contributed by atoms with Gasteiger partial charge in [-0.25, -0.2) is 4.31 Å². The van der Waals surface area contributed by atoms with E-state index in [1.807, 2.05) is 0 Å². The Labute approximate surface area is 146 Å². The molecule has 0 radical (unpaired) electrons. The zero-order chi connectivity index (χ0) is 19.0. The van der Waals surface area contributed by atoms with Crippen LogP contribution in [0.3, 0.4) is 0 Å². The van der Waals surface area contributed by atoms with Crippen molar-refractivity contribution in [3.8, 4) is 11.5 Å². The summed E-state index contributed by atoms with van der Waals surface area (Å²) < 4.78 is 40.9. The van der Waals surface area contributed by atoms with Crippen molar-refractivity contribution in [2.24, 2.45) is 0 Å². The molecule has 0 aromatic heterocycles. The van der Waals surface area contributed by atoms with Crippen LogP contribution in [0.25, 0.3) is 0 Å². The highest BCUT2D eigenvalue weighted by Crippen LogP contribution is 2.44. The molecule has 1 amide bonds. The minimum absolute atomic E-state index is 0.0360. The smallest absolute Gasteiger partial charge is 0.412 e. The van der Waals surface area contributed by atoms with E-state index in [-0.39, 0.29) is 12.3 Å². The number of rotatable bonds is 5. The lowest BCUT2D eigenvalue weighted by Crippen LogP contribution is -2.38. The SMILES string of the molecule is CCN(C(C)=O)S(=O)(=O)Oc1ccc2c(c1)C(C)(C)C(OC(C)=O)O2. The van der Waals surface area contributed by atoms with E-state index in [9.17, 15) is 18.0 Å². The van der Waals surface area contributed by atoms with Crippen LogP contribution in [0, 0.1) is 0 Å². The number of hydrogen-bond donors (Lipinski definition) is 0. The van der Waals surface area contributed by atoms with Crippen LogP contribution in [0.5, 0.6) is 11.5 Å². The van der Waals surface area contributed by atoms with Gasteiger partial charge in [0, 0.05) is 26.0 Å². The Hall–Kier alpha value is -2.29. The molecule has 0 spiro atoms. The molecule has 8 nitrogen and oxygen atoms in total. The van der Waals surface area contributed by atoms with Gasteiger partial charge in [0.05, 0.1) is 5.41 Å². The van der Waals surface area contributed by atoms with E-state index in [1.165, 1.54) is 32.0 Å². The lowest BCUT2D eigenvalue weighted by atomic mass is 9.85. The Morgan fingerprint density at radius 2 is 1.92 bits per heavy atom. The topological polar surface area (TPSA) is 99.2 Å². The molecule has 0 saturated heterocycles. The predicted molar refractivity (Wildman–Crippen MR) is 88.3 cm³/mol. The molecule has 0 saturated carbocycles. The number of carbonyl (C=O) groups is 2. The van der Waals surface area contributed by atoms with E-state index < -0.39 is 33.9 Å². The minimum atomic E-state index is -4.25. The molecule has 0 aliphatic carbocycles. The first-order valence-electron chi connectivity index (χ1n) is 7.70. The Morgan fingerprint density at radius 1 is 1.28 bits per heavy atom. The van der Waals surface area contributed by atoms with Gasteiger partial charge in [-0.2, -0.15) is 8.42 Å². The molecular weight excluding hydrogens is 350 g/mol. The highest BCUT2D eigenvalue weighted by molar-refractivity contribution is 7.85. The zero-order valence-corrected chi connectivity index (χ0v) is 15.5. The maximum Gasteiger partial charge on any atom is 0.412 e. The zero-order valence-electron chi connectivity index (χ0n) is 14.7. The first kappa shape index (κ1) is 19.0. The second-order valence-electron chi connectivity index (χ2n) is 6.16. The van der Waals surface area contributed by atoms with E-state index in [0.717, 1.165) is 6.92 Å². The molecular formula is C16H21NO7S. The van der Waals surface area contributed by atoms with Gasteiger partial charge in [-0.15, -0.1) is 0 Å². The molecule has 0 bridgehead atoms. The lowest BCUT2D eigenvalue weighted by Gasteiger charge is -2.25. The largest absolute Gasteiger partial charge is 0.454 e. The maximum absolute atomic E-state index is 12.2. The van der Waals surface area contributed by atoms with Gasteiger partial charge >= 0.3 is 16.3 Å². The number of carbonyl (C=O) groups excluding carboxylic acids is 2. The standard InChI is InChI=1S/C16H21NO7S/c1-6-17(10(2)18)25(20,21)24-12-7-8-14-13(9-12)16(4,5)15(23-14)22-11(3)19/h7-9,15H,6H2,1-5H3. The highest BCUT2D eigenvalue weighted by Gasteiger charge is 2.44. The van der Waals surface area contributed by atoms with Crippen molar-refractivity contribution >= 4 is 22.2 Å². The molecule has 1 atom stereocenters. The Balaban J connectivity index is 2.32. The summed E-state index contributed by atoms with van der Waals surface area (Å²) in [6, 6.07) is 4.45. The van der Waals surface area contributed by atoms with Crippen LogP contribution in [0.4, 0.5) is 0 Å². The maximum atomic E-state index is 12.2. The number of nitrogens with zero attached hydrogens (tertiary/aromatic N) is 1. The van der Waals surface area contributed by atoms with E-state index in [1.54, 1.807) is 13.8 Å². The number of esters is 1. The molecule has 1 aliphatic rings. The molecule has 1 aliphatic heterocycles. The van der Waals surface area contributed by atoms with Crippen LogP contribution in [0.15, 0.2) is 18.2 Å². The van der Waals surface area contributed by atoms with Gasteiger partial charge in [0.1, 0.15) is 11.5 Å². The van der Waals surface area contributed by atoms with Gasteiger partial charge in [-0.1, -0.05) is 0 Å². The highest BCUT2D eigenvalue weighted by atomic mass is 32.2. The van der Waals surface area contributed by atoms with E-state index in [4.69, 9.17) is 13.7 Å². The summed E-state index contributed by atoms with van der Waals surface area (Å²) in [5.41, 5.74) is -0.0628. The monoisotopic (exact) mass is 371 g/mol. The van der Waals surface area contributed by atoms with Crippen LogP contribution in [-0.4, -0.2) is 37.4 Å². The van der Waals surface area contributed by atoms with E-state index in [2.05, 4.69) is 0 Å². The van der Waals surface area contributed by atoms with Gasteiger partial charge in [0.25, 0.3) is 6.29 Å². The molecule has 9 heteroatoms. The average molecular weight is 371 g/mol. The van der Waals surface area contributed by atoms with Gasteiger partial charge < -0.3 is 13.7 Å². The summed E-state index contributed by atoms with van der Waals surface area (Å²) in [5, 5.41) is 0. The van der Waals surface area contributed by atoms with Crippen molar-refractivity contribution in [3.05, 3.63) is 23.8 Å². The molecule has 0 fully saturated rings. The van der Waals surface area contributed by atoms with Gasteiger partial charge in [-0.05, 0) is 39.0 Å². The van der Waals surface area contributed by atoms with E-state index in [0.29, 0.717) is 15.6 Å². The van der Waals surface area contributed by atoms with Crippen molar-refractivity contribution in [2.75, 3.05) is 6.54 Å². The fourth-order valence-electron chi connectivity index (χ4n) is 2.58. The van der Waals surface area contributed by atoms with Crippen molar-refractivity contribution in [2.45, 2.75) is 46.3 Å². The van der Waals surface area contributed by atoms with Crippen LogP contribution in [0.2, 0.25) is 0 Å². The summed E-state index contributed by atoms with van der Waals surface area (Å²) in [4.78, 5) is 22.7. The molecule has 0 N–H and O–H groups in total. The van der Waals surface area contributed by atoms with E-state index >= 15 is 0 Å². The van der Waals surface area contributed by atoms with Crippen molar-refractivity contribution in [3.63, 3.8) is 0 Å². The number of hydrogen-bond acceptors (Lipinski definition) is 7. The third-order valence-corrected chi connectivity index (χ3v) is 5.31. The second kappa shape index (κ2) is 6.55. The molecule has 1 aromatic rings. The summed E-state index contributed by atoms with van der Waals surface area (Å²) in [7, 11) is -4.25. The van der Waals surface area contributed by atoms with Crippen molar-refractivity contribution in [1.82, 2.24) is 4.31 Å². The van der Waals surface area contributed by atoms with Crippen LogP contribution in [-0.2, 0) is 30.0 Å². The summed E-state index contributed by atoms with van der Waals surface area (Å²) in [6.07, 6.45) is -0.823. The first-order valence-corrected chi connectivity index (χ1v) is 9.06. The van der Waals surface area contributed by atoms with Crippen LogP contribution < -0.4 is 8.92 Å². The first-order chi connectivity index (χ1) is 11.5. The van der Waals surface area contributed by atoms with Crippen LogP contribution >= 0.6 is 0 Å². The van der Waals surface area contributed by atoms with Gasteiger partial charge in [-0.3, -0.25) is 9.59 Å². The fraction of sp³-hybridized carbons (Fsp3) is 0.500. The quantitative estimate of drug-likeness (QED) is 0.727. The third-order valence-electron chi connectivity index (χ3n) is 3.85. The van der Waals surface area contributed by atoms with Crippen molar-refractivity contribution < 1.29 is 31.7 Å². The van der Waals surface area contributed by atoms with Crippen LogP contribution in [0.1, 0.15) is 40.2 Å². The summed E-state index contributed by atoms with van der Waals surface area (Å²) in [5.74, 6) is -0.606. The lowest BCUT2D eigenvalue weighted by molar-refractivity contribution is -0.165. The number of fused-ring (bicyclic) bond motifs is 1. The molecule has 1 heterocycles. The number of amides is 1. The Bertz CT molecular complexity index is 801. The molecule has 2 rings (SSSR count). The number of benzene rings is 1. The van der Waals surface area contributed by atoms with Gasteiger partial charge in [0.2, 0.25) is 5.91 Å². The summed E-state index contributed by atoms with van der Waals surface area (Å²) >= 11 is 0. The predicted octanol–water partition coefficient (Wildman–Crippen LogP) is 1.74. The average Bonchev–Trinajstić information content (AvgIpc) is 2.69. The minimum Gasteiger partial charge on any atom is -0.454 e. The third kappa shape index (κ3) is 3.71. The molecule has 1 aromatic carbocycles. The molecule has 1 unspecified atom stereocenters. The Morgan fingerprint density at radius 3 is 2.44 bits per heavy atom. The normalized spacial score (nSPS) is 18.0. The molecule has 138 valence electrons. The number of ether oxygens (including phenoxy) is 2. The fourth-order valence-corrected chi connectivity index (χ4v) is 3.65. The second-order valence-corrected chi connectivity index (χ2v) is 7.63. The molecule has 25 heavy (non-hydrogen) atoms.